The molecule has 32 heavy (non-hydrogen) atoms. The Morgan fingerprint density at radius 2 is 1.97 bits per heavy atom. The summed E-state index contributed by atoms with van der Waals surface area (Å²) < 4.78 is 19.0. The summed E-state index contributed by atoms with van der Waals surface area (Å²) in [7, 11) is 3.81. The molecule has 1 amide bonds. The van der Waals surface area contributed by atoms with Crippen LogP contribution in [0.1, 0.15) is 22.4 Å². The molecule has 0 fully saturated rings. The Bertz CT molecular complexity index is 1150. The van der Waals surface area contributed by atoms with E-state index in [1.54, 1.807) is 24.4 Å². The maximum atomic E-state index is 13.0. The van der Waals surface area contributed by atoms with Crippen LogP contribution < -0.4 is 10.1 Å². The predicted octanol–water partition coefficient (Wildman–Crippen LogP) is 6.02. The van der Waals surface area contributed by atoms with Crippen molar-refractivity contribution in [2.75, 3.05) is 19.4 Å². The molecule has 1 N–H and O–H groups in total. The Labute approximate surface area is 192 Å². The van der Waals surface area contributed by atoms with Crippen LogP contribution in [0.5, 0.6) is 11.5 Å². The first-order valence-electron chi connectivity index (χ1n) is 10.0. The zero-order chi connectivity index (χ0) is 23.3. The van der Waals surface area contributed by atoms with E-state index < -0.39 is 6.67 Å². The number of nitrogens with one attached hydrogen (secondary N) is 1. The molecule has 7 heteroatoms. The van der Waals surface area contributed by atoms with Crippen molar-refractivity contribution in [3.8, 4) is 11.5 Å². The zero-order valence-electron chi connectivity index (χ0n) is 18.3. The van der Waals surface area contributed by atoms with Crippen LogP contribution in [-0.2, 0) is 17.9 Å². The Balaban J connectivity index is 1.67. The SMILES string of the molecule is C=C(c1cc(Oc2ccc(CC(=O)Nc3ccc(Cl)c(CF)c3)cc2C)ccn1)N(C)C. The summed E-state index contributed by atoms with van der Waals surface area (Å²) >= 11 is 5.92. The maximum absolute atomic E-state index is 13.0. The highest BCUT2D eigenvalue weighted by Gasteiger charge is 2.10. The second kappa shape index (κ2) is 10.3. The quantitative estimate of drug-likeness (QED) is 0.453. The first-order chi connectivity index (χ1) is 15.3. The van der Waals surface area contributed by atoms with E-state index in [4.69, 9.17) is 16.3 Å². The summed E-state index contributed by atoms with van der Waals surface area (Å²) in [6, 6.07) is 14.0. The average Bonchev–Trinajstić information content (AvgIpc) is 2.76. The van der Waals surface area contributed by atoms with Crippen LogP contribution in [0.15, 0.2) is 61.3 Å². The summed E-state index contributed by atoms with van der Waals surface area (Å²) in [4.78, 5) is 18.6. The number of rotatable bonds is 8. The standard InChI is InChI=1S/C25H25ClFN3O2/c1-16-11-18(12-25(31)29-20-6-7-22(26)19(13-20)15-27)5-8-24(16)32-21-9-10-28-23(14-21)17(2)30(3)4/h5-11,13-14H,2,12,15H2,1,3-4H3,(H,29,31). The minimum atomic E-state index is -0.689. The van der Waals surface area contributed by atoms with Gasteiger partial charge in [0, 0.05) is 42.6 Å². The molecule has 5 nitrogen and oxygen atoms in total. The van der Waals surface area contributed by atoms with Gasteiger partial charge >= 0.3 is 0 Å². The van der Waals surface area contributed by atoms with Crippen LogP contribution in [0, 0.1) is 6.92 Å². The van der Waals surface area contributed by atoms with Crippen molar-refractivity contribution in [3.63, 3.8) is 0 Å². The molecule has 0 aliphatic carbocycles. The number of halogens is 2. The van der Waals surface area contributed by atoms with Crippen LogP contribution in [0.3, 0.4) is 0 Å². The van der Waals surface area contributed by atoms with Crippen molar-refractivity contribution >= 4 is 28.9 Å². The van der Waals surface area contributed by atoms with Crippen molar-refractivity contribution in [1.82, 2.24) is 9.88 Å². The molecule has 166 valence electrons. The monoisotopic (exact) mass is 453 g/mol. The first kappa shape index (κ1) is 23.3. The molecule has 0 atom stereocenters. The lowest BCUT2D eigenvalue weighted by Crippen LogP contribution is -2.14. The molecule has 0 saturated carbocycles. The summed E-state index contributed by atoms with van der Waals surface area (Å²) in [5.41, 5.74) is 4.10. The molecule has 0 saturated heterocycles. The van der Waals surface area contributed by atoms with Crippen molar-refractivity contribution in [2.45, 2.75) is 20.0 Å². The summed E-state index contributed by atoms with van der Waals surface area (Å²) in [6.45, 7) is 5.25. The number of aromatic nitrogens is 1. The highest BCUT2D eigenvalue weighted by Crippen LogP contribution is 2.28. The fraction of sp³-hybridized carbons (Fsp3) is 0.200. The number of alkyl halides is 1. The minimum Gasteiger partial charge on any atom is -0.457 e. The van der Waals surface area contributed by atoms with E-state index in [1.165, 1.54) is 6.07 Å². The van der Waals surface area contributed by atoms with Gasteiger partial charge in [0.2, 0.25) is 5.91 Å². The fourth-order valence-electron chi connectivity index (χ4n) is 3.07. The van der Waals surface area contributed by atoms with Gasteiger partial charge in [-0.1, -0.05) is 30.3 Å². The first-order valence-corrected chi connectivity index (χ1v) is 10.4. The molecule has 3 aromatic rings. The average molecular weight is 454 g/mol. The molecule has 0 unspecified atom stereocenters. The molecule has 0 bridgehead atoms. The molecule has 1 aromatic heterocycles. The highest BCUT2D eigenvalue weighted by atomic mass is 35.5. The molecule has 3 rings (SSSR count). The fourth-order valence-corrected chi connectivity index (χ4v) is 3.24. The summed E-state index contributed by atoms with van der Waals surface area (Å²) in [5, 5.41) is 3.11. The van der Waals surface area contributed by atoms with Gasteiger partial charge in [-0.05, 0) is 48.4 Å². The van der Waals surface area contributed by atoms with E-state index in [-0.39, 0.29) is 12.3 Å². The number of aryl methyl sites for hydroxylation is 1. The number of hydrogen-bond acceptors (Lipinski definition) is 4. The Kier molecular flexibility index (Phi) is 7.49. The molecular weight excluding hydrogens is 429 g/mol. The van der Waals surface area contributed by atoms with Crippen molar-refractivity contribution in [1.29, 1.82) is 0 Å². The Morgan fingerprint density at radius 3 is 2.66 bits per heavy atom. The van der Waals surface area contributed by atoms with Crippen LogP contribution in [-0.4, -0.2) is 29.9 Å². The van der Waals surface area contributed by atoms with Gasteiger partial charge in [0.15, 0.2) is 0 Å². The molecular formula is C25H25ClFN3O2. The topological polar surface area (TPSA) is 54.5 Å². The smallest absolute Gasteiger partial charge is 0.228 e. The Morgan fingerprint density at radius 1 is 1.19 bits per heavy atom. The van der Waals surface area contributed by atoms with E-state index in [0.717, 1.165) is 22.5 Å². The van der Waals surface area contributed by atoms with E-state index in [1.807, 2.05) is 50.2 Å². The van der Waals surface area contributed by atoms with Gasteiger partial charge < -0.3 is 15.0 Å². The summed E-state index contributed by atoms with van der Waals surface area (Å²) in [5.74, 6) is 1.14. The number of amides is 1. The second-order valence-electron chi connectivity index (χ2n) is 7.58. The largest absolute Gasteiger partial charge is 0.457 e. The number of benzene rings is 2. The van der Waals surface area contributed by atoms with Gasteiger partial charge in [0.25, 0.3) is 0 Å². The van der Waals surface area contributed by atoms with Crippen LogP contribution in [0.25, 0.3) is 5.70 Å². The number of anilines is 1. The molecule has 2 aromatic carbocycles. The number of nitrogens with zero attached hydrogens (tertiary/aromatic N) is 2. The third-order valence-electron chi connectivity index (χ3n) is 4.87. The zero-order valence-corrected chi connectivity index (χ0v) is 19.0. The van der Waals surface area contributed by atoms with Crippen LogP contribution in [0.2, 0.25) is 5.02 Å². The van der Waals surface area contributed by atoms with E-state index in [0.29, 0.717) is 27.8 Å². The molecule has 0 radical (unpaired) electrons. The number of carbonyl (C=O) groups excluding carboxylic acids is 1. The van der Waals surface area contributed by atoms with E-state index in [2.05, 4.69) is 16.9 Å². The van der Waals surface area contributed by atoms with Gasteiger partial charge in [-0.25, -0.2) is 4.39 Å². The molecule has 1 heterocycles. The highest BCUT2D eigenvalue weighted by molar-refractivity contribution is 6.31. The normalized spacial score (nSPS) is 10.5. The third kappa shape index (κ3) is 5.86. The summed E-state index contributed by atoms with van der Waals surface area (Å²) in [6.07, 6.45) is 1.86. The molecule has 0 aliphatic rings. The lowest BCUT2D eigenvalue weighted by molar-refractivity contribution is -0.115. The Hall–Kier alpha value is -3.38. The lowest BCUT2D eigenvalue weighted by atomic mass is 10.1. The second-order valence-corrected chi connectivity index (χ2v) is 7.99. The molecule has 0 aliphatic heterocycles. The number of hydrogen-bond donors (Lipinski definition) is 1. The van der Waals surface area contributed by atoms with Crippen molar-refractivity contribution < 1.29 is 13.9 Å². The van der Waals surface area contributed by atoms with Gasteiger partial charge in [-0.15, -0.1) is 0 Å². The predicted molar refractivity (Wildman–Crippen MR) is 127 cm³/mol. The van der Waals surface area contributed by atoms with Crippen molar-refractivity contribution in [2.24, 2.45) is 0 Å². The van der Waals surface area contributed by atoms with Gasteiger partial charge in [0.05, 0.1) is 17.8 Å². The molecule has 0 spiro atoms. The van der Waals surface area contributed by atoms with Crippen LogP contribution in [0.4, 0.5) is 10.1 Å². The van der Waals surface area contributed by atoms with E-state index in [9.17, 15) is 9.18 Å². The third-order valence-corrected chi connectivity index (χ3v) is 5.24. The lowest BCUT2D eigenvalue weighted by Gasteiger charge is -2.16. The maximum Gasteiger partial charge on any atom is 0.228 e. The van der Waals surface area contributed by atoms with Crippen LogP contribution >= 0.6 is 11.6 Å². The van der Waals surface area contributed by atoms with Gasteiger partial charge in [0.1, 0.15) is 18.2 Å². The number of pyridine rings is 1. The number of carbonyl (C=O) groups is 1. The van der Waals surface area contributed by atoms with Gasteiger partial charge in [-0.2, -0.15) is 0 Å². The van der Waals surface area contributed by atoms with E-state index >= 15 is 0 Å². The number of ether oxygens (including phenoxy) is 1. The van der Waals surface area contributed by atoms with Gasteiger partial charge in [-0.3, -0.25) is 9.78 Å². The minimum absolute atomic E-state index is 0.177. The van der Waals surface area contributed by atoms with Crippen molar-refractivity contribution in [3.05, 3.63) is 88.7 Å².